The lowest BCUT2D eigenvalue weighted by molar-refractivity contribution is -0.141. The molecule has 1 atom stereocenters. The Morgan fingerprint density at radius 1 is 1.12 bits per heavy atom. The predicted octanol–water partition coefficient (Wildman–Crippen LogP) is 5.27. The monoisotopic (exact) mass is 430 g/mol. The molecule has 4 rings (SSSR count). The van der Waals surface area contributed by atoms with Crippen molar-refractivity contribution in [3.8, 4) is 17.0 Å². The second kappa shape index (κ2) is 9.51. The minimum atomic E-state index is -0.806. The number of carboxylic acids is 1. The number of hydrogen-bond acceptors (Lipinski definition) is 5. The van der Waals surface area contributed by atoms with Crippen LogP contribution in [0.1, 0.15) is 20.3 Å². The highest BCUT2D eigenvalue weighted by Crippen LogP contribution is 2.32. The molecule has 7 heteroatoms. The second-order valence-electron chi connectivity index (χ2n) is 7.62. The Kier molecular flexibility index (Phi) is 6.35. The minimum absolute atomic E-state index is 0.366. The fourth-order valence-electron chi connectivity index (χ4n) is 3.57. The van der Waals surface area contributed by atoms with Crippen molar-refractivity contribution in [3.05, 3.63) is 67.0 Å². The molecule has 0 aliphatic heterocycles. The molecule has 0 radical (unpaired) electrons. The van der Waals surface area contributed by atoms with E-state index in [-0.39, 0.29) is 0 Å². The standard InChI is InChI=1S/C25H26N4O3/c1-3-29(19-7-5-4-6-8-19)24-21-15-22(28-23(21)26-16-27-24)18-9-11-20(12-10-18)32-14-13-17(2)25(30)31/h4-12,15-17H,3,13-14H2,1-2H3,(H,30,31)(H,26,27,28)/t17-/m1/s1. The van der Waals surface area contributed by atoms with E-state index in [0.29, 0.717) is 18.8 Å². The van der Waals surface area contributed by atoms with Crippen molar-refractivity contribution in [3.63, 3.8) is 0 Å². The number of benzene rings is 2. The number of carboxylic acid groups (broad SMARTS) is 1. The molecule has 2 N–H and O–H groups in total. The van der Waals surface area contributed by atoms with Gasteiger partial charge < -0.3 is 19.7 Å². The summed E-state index contributed by atoms with van der Waals surface area (Å²) in [5.74, 6) is 0.344. The molecular weight excluding hydrogens is 404 g/mol. The minimum Gasteiger partial charge on any atom is -0.494 e. The van der Waals surface area contributed by atoms with Crippen LogP contribution in [0.25, 0.3) is 22.3 Å². The summed E-state index contributed by atoms with van der Waals surface area (Å²) >= 11 is 0. The summed E-state index contributed by atoms with van der Waals surface area (Å²) in [6.45, 7) is 4.93. The molecule has 0 saturated heterocycles. The zero-order valence-corrected chi connectivity index (χ0v) is 18.2. The van der Waals surface area contributed by atoms with Crippen LogP contribution in [0.3, 0.4) is 0 Å². The van der Waals surface area contributed by atoms with E-state index in [1.807, 2.05) is 42.5 Å². The Bertz CT molecular complexity index is 1190. The first-order chi connectivity index (χ1) is 15.6. The number of nitrogens with zero attached hydrogens (tertiary/aromatic N) is 3. The summed E-state index contributed by atoms with van der Waals surface area (Å²) in [7, 11) is 0. The van der Waals surface area contributed by atoms with Gasteiger partial charge in [0.25, 0.3) is 0 Å². The van der Waals surface area contributed by atoms with Crippen LogP contribution in [0.2, 0.25) is 0 Å². The van der Waals surface area contributed by atoms with Gasteiger partial charge in [-0.25, -0.2) is 9.97 Å². The van der Waals surface area contributed by atoms with E-state index in [2.05, 4.69) is 45.0 Å². The largest absolute Gasteiger partial charge is 0.494 e. The van der Waals surface area contributed by atoms with Gasteiger partial charge in [-0.3, -0.25) is 4.79 Å². The molecule has 0 aliphatic carbocycles. The molecule has 0 unspecified atom stereocenters. The van der Waals surface area contributed by atoms with Crippen LogP contribution in [-0.4, -0.2) is 39.2 Å². The number of carbonyl (C=O) groups is 1. The number of fused-ring (bicyclic) bond motifs is 1. The molecule has 2 aromatic carbocycles. The fraction of sp³-hybridized carbons (Fsp3) is 0.240. The van der Waals surface area contributed by atoms with Crippen molar-refractivity contribution < 1.29 is 14.6 Å². The zero-order chi connectivity index (χ0) is 22.5. The van der Waals surface area contributed by atoms with Crippen molar-refractivity contribution in [1.29, 1.82) is 0 Å². The van der Waals surface area contributed by atoms with Crippen molar-refractivity contribution in [2.45, 2.75) is 20.3 Å². The third-order valence-corrected chi connectivity index (χ3v) is 5.45. The average Bonchev–Trinajstić information content (AvgIpc) is 3.26. The van der Waals surface area contributed by atoms with Crippen molar-refractivity contribution in [2.24, 2.45) is 5.92 Å². The van der Waals surface area contributed by atoms with E-state index in [4.69, 9.17) is 9.84 Å². The Hall–Kier alpha value is -3.87. The van der Waals surface area contributed by atoms with Gasteiger partial charge in [-0.1, -0.05) is 25.1 Å². The Balaban J connectivity index is 1.55. The lowest BCUT2D eigenvalue weighted by Gasteiger charge is -2.22. The molecule has 0 saturated carbocycles. The number of aliphatic carboxylic acids is 1. The number of ether oxygens (including phenoxy) is 1. The number of aromatic nitrogens is 3. The van der Waals surface area contributed by atoms with Crippen LogP contribution >= 0.6 is 0 Å². The van der Waals surface area contributed by atoms with Crippen LogP contribution in [0, 0.1) is 5.92 Å². The maximum absolute atomic E-state index is 10.9. The predicted molar refractivity (Wildman–Crippen MR) is 125 cm³/mol. The topological polar surface area (TPSA) is 91.3 Å². The number of rotatable bonds is 9. The Morgan fingerprint density at radius 2 is 1.88 bits per heavy atom. The summed E-state index contributed by atoms with van der Waals surface area (Å²) in [6.07, 6.45) is 2.05. The van der Waals surface area contributed by atoms with Gasteiger partial charge in [0.1, 0.15) is 23.5 Å². The van der Waals surface area contributed by atoms with Crippen molar-refractivity contribution in [2.75, 3.05) is 18.1 Å². The SMILES string of the molecule is CCN(c1ccccc1)c1ncnc2[nH]c(-c3ccc(OCC[C@@H](C)C(=O)O)cc3)cc12. The summed E-state index contributed by atoms with van der Waals surface area (Å²) < 4.78 is 5.69. The van der Waals surface area contributed by atoms with Crippen LogP contribution in [0.15, 0.2) is 67.0 Å². The molecule has 0 spiro atoms. The number of nitrogens with one attached hydrogen (secondary N) is 1. The van der Waals surface area contributed by atoms with Crippen molar-refractivity contribution >= 4 is 28.5 Å². The van der Waals surface area contributed by atoms with E-state index in [1.54, 1.807) is 13.3 Å². The van der Waals surface area contributed by atoms with E-state index in [1.165, 1.54) is 0 Å². The molecule has 7 nitrogen and oxygen atoms in total. The molecule has 4 aromatic rings. The molecule has 2 aromatic heterocycles. The van der Waals surface area contributed by atoms with E-state index in [0.717, 1.165) is 40.3 Å². The second-order valence-corrected chi connectivity index (χ2v) is 7.62. The highest BCUT2D eigenvalue weighted by molar-refractivity contribution is 5.93. The third kappa shape index (κ3) is 4.56. The molecular formula is C25H26N4O3. The number of aromatic amines is 1. The number of hydrogen-bond donors (Lipinski definition) is 2. The molecule has 0 amide bonds. The van der Waals surface area contributed by atoms with Crippen LogP contribution in [0.4, 0.5) is 11.5 Å². The highest BCUT2D eigenvalue weighted by atomic mass is 16.5. The van der Waals surface area contributed by atoms with Gasteiger partial charge in [-0.2, -0.15) is 0 Å². The summed E-state index contributed by atoms with van der Waals surface area (Å²) in [6, 6.07) is 20.0. The number of H-pyrrole nitrogens is 1. The summed E-state index contributed by atoms with van der Waals surface area (Å²) in [5, 5.41) is 9.92. The van der Waals surface area contributed by atoms with Gasteiger partial charge in [0.05, 0.1) is 17.9 Å². The smallest absolute Gasteiger partial charge is 0.306 e. The van der Waals surface area contributed by atoms with Gasteiger partial charge in [0, 0.05) is 17.9 Å². The lowest BCUT2D eigenvalue weighted by Crippen LogP contribution is -2.17. The van der Waals surface area contributed by atoms with Gasteiger partial charge in [-0.15, -0.1) is 0 Å². The maximum atomic E-state index is 10.9. The Labute approximate surface area is 186 Å². The number of anilines is 2. The normalized spacial score (nSPS) is 11.9. The van der Waals surface area contributed by atoms with E-state index in [9.17, 15) is 4.79 Å². The molecule has 32 heavy (non-hydrogen) atoms. The van der Waals surface area contributed by atoms with Crippen LogP contribution < -0.4 is 9.64 Å². The first kappa shape index (κ1) is 21.4. The summed E-state index contributed by atoms with van der Waals surface area (Å²) in [4.78, 5) is 25.5. The first-order valence-corrected chi connectivity index (χ1v) is 10.7. The van der Waals surface area contributed by atoms with Gasteiger partial charge in [0.2, 0.25) is 0 Å². The summed E-state index contributed by atoms with van der Waals surface area (Å²) in [5.41, 5.74) is 3.80. The van der Waals surface area contributed by atoms with E-state index >= 15 is 0 Å². The van der Waals surface area contributed by atoms with Gasteiger partial charge in [-0.05, 0) is 61.4 Å². The average molecular weight is 431 g/mol. The van der Waals surface area contributed by atoms with E-state index < -0.39 is 11.9 Å². The molecule has 164 valence electrons. The third-order valence-electron chi connectivity index (χ3n) is 5.45. The highest BCUT2D eigenvalue weighted by Gasteiger charge is 2.16. The molecule has 0 aliphatic rings. The molecule has 2 heterocycles. The molecule has 0 bridgehead atoms. The molecule has 0 fully saturated rings. The first-order valence-electron chi connectivity index (χ1n) is 10.7. The van der Waals surface area contributed by atoms with Crippen molar-refractivity contribution in [1.82, 2.24) is 15.0 Å². The maximum Gasteiger partial charge on any atom is 0.306 e. The lowest BCUT2D eigenvalue weighted by atomic mass is 10.1. The Morgan fingerprint density at radius 3 is 2.56 bits per heavy atom. The van der Waals surface area contributed by atoms with Gasteiger partial charge in [0.15, 0.2) is 0 Å². The van der Waals surface area contributed by atoms with Gasteiger partial charge >= 0.3 is 5.97 Å². The van der Waals surface area contributed by atoms with Crippen LogP contribution in [-0.2, 0) is 4.79 Å². The van der Waals surface area contributed by atoms with Crippen LogP contribution in [0.5, 0.6) is 5.75 Å². The fourth-order valence-corrected chi connectivity index (χ4v) is 3.57. The quantitative estimate of drug-likeness (QED) is 0.376. The number of para-hydroxylation sites is 1. The zero-order valence-electron chi connectivity index (χ0n) is 18.2.